The fraction of sp³-hybridized carbons (Fsp3) is 0.250. The number of hydrogen-bond donors (Lipinski definition) is 0. The fourth-order valence-corrected chi connectivity index (χ4v) is 2.36. The predicted octanol–water partition coefficient (Wildman–Crippen LogP) is 7.68. The van der Waals surface area contributed by atoms with Gasteiger partial charge < -0.3 is 0 Å². The summed E-state index contributed by atoms with van der Waals surface area (Å²) in [4.78, 5) is 0. The molecule has 0 atom stereocenters. The van der Waals surface area contributed by atoms with Crippen LogP contribution < -0.4 is 0 Å². The maximum atomic E-state index is 2.24. The molecule has 0 heteroatoms. The Morgan fingerprint density at radius 3 is 1.62 bits per heavy atom. The lowest BCUT2D eigenvalue weighted by molar-refractivity contribution is 1.46. The number of benzene rings is 3. The quantitative estimate of drug-likeness (QED) is 0.425. The van der Waals surface area contributed by atoms with Gasteiger partial charge in [-0.2, -0.15) is 0 Å². The Labute approximate surface area is 147 Å². The molecule has 3 rings (SSSR count). The Bertz CT molecular complexity index is 762. The molecule has 0 aliphatic heterocycles. The molecule has 0 aromatic heterocycles. The lowest BCUT2D eigenvalue weighted by Crippen LogP contribution is -1.78. The van der Waals surface area contributed by atoms with Gasteiger partial charge >= 0.3 is 0 Å². The predicted molar refractivity (Wildman–Crippen MR) is 111 cm³/mol. The number of rotatable bonds is 2. The molecule has 3 aromatic rings. The standard InChI is InChI=1S/C20H18.2C2H6/c1-15-3-6-17(7-4-15)8-9-18-10-12-19-13-16(2)5-11-20(19)14-18;2*1-2/h3-14H,1-2H3;2*1-2H3. The molecule has 0 fully saturated rings. The van der Waals surface area contributed by atoms with Crippen molar-refractivity contribution in [3.8, 4) is 0 Å². The molecule has 0 spiro atoms. The van der Waals surface area contributed by atoms with E-state index in [9.17, 15) is 0 Å². The molecule has 0 heterocycles. The van der Waals surface area contributed by atoms with Gasteiger partial charge in [-0.15, -0.1) is 0 Å². The van der Waals surface area contributed by atoms with Crippen LogP contribution >= 0.6 is 0 Å². The van der Waals surface area contributed by atoms with E-state index in [0.29, 0.717) is 0 Å². The summed E-state index contributed by atoms with van der Waals surface area (Å²) in [6.07, 6.45) is 4.33. The lowest BCUT2D eigenvalue weighted by atomic mass is 10.0. The molecule has 126 valence electrons. The monoisotopic (exact) mass is 318 g/mol. The summed E-state index contributed by atoms with van der Waals surface area (Å²) in [5.41, 5.74) is 5.07. The van der Waals surface area contributed by atoms with Gasteiger partial charge in [-0.1, -0.05) is 106 Å². The topological polar surface area (TPSA) is 0 Å². The van der Waals surface area contributed by atoms with Crippen molar-refractivity contribution in [1.29, 1.82) is 0 Å². The van der Waals surface area contributed by atoms with E-state index in [1.165, 1.54) is 33.0 Å². The first-order valence-corrected chi connectivity index (χ1v) is 8.96. The Kier molecular flexibility index (Phi) is 8.57. The summed E-state index contributed by atoms with van der Waals surface area (Å²) in [5, 5.41) is 2.60. The fourth-order valence-electron chi connectivity index (χ4n) is 2.36. The van der Waals surface area contributed by atoms with Crippen molar-refractivity contribution in [3.63, 3.8) is 0 Å². The number of hydrogen-bond acceptors (Lipinski definition) is 0. The molecule has 0 unspecified atom stereocenters. The second-order valence-corrected chi connectivity index (χ2v) is 5.35. The van der Waals surface area contributed by atoms with Crippen molar-refractivity contribution in [2.24, 2.45) is 0 Å². The Morgan fingerprint density at radius 2 is 0.958 bits per heavy atom. The van der Waals surface area contributed by atoms with Crippen LogP contribution in [0.2, 0.25) is 0 Å². The van der Waals surface area contributed by atoms with E-state index < -0.39 is 0 Å². The molecule has 0 saturated heterocycles. The van der Waals surface area contributed by atoms with Crippen molar-refractivity contribution in [1.82, 2.24) is 0 Å². The Balaban J connectivity index is 0.000000671. The largest absolute Gasteiger partial charge is 0.0683 e. The Morgan fingerprint density at radius 1 is 0.500 bits per heavy atom. The van der Waals surface area contributed by atoms with Gasteiger partial charge in [0.15, 0.2) is 0 Å². The minimum atomic E-state index is 1.24. The average Bonchev–Trinajstić information content (AvgIpc) is 2.64. The van der Waals surface area contributed by atoms with Gasteiger partial charge in [0.1, 0.15) is 0 Å². The summed E-state index contributed by atoms with van der Waals surface area (Å²) in [5.74, 6) is 0. The van der Waals surface area contributed by atoms with E-state index in [0.717, 1.165) is 0 Å². The van der Waals surface area contributed by atoms with E-state index in [4.69, 9.17) is 0 Å². The normalized spacial score (nSPS) is 9.92. The highest BCUT2D eigenvalue weighted by Crippen LogP contribution is 2.19. The third-order valence-corrected chi connectivity index (χ3v) is 3.57. The van der Waals surface area contributed by atoms with Crippen LogP contribution in [0.4, 0.5) is 0 Å². The summed E-state index contributed by atoms with van der Waals surface area (Å²) >= 11 is 0. The molecule has 0 bridgehead atoms. The third kappa shape index (κ3) is 5.70. The zero-order chi connectivity index (χ0) is 17.9. The van der Waals surface area contributed by atoms with Crippen LogP contribution in [-0.2, 0) is 0 Å². The van der Waals surface area contributed by atoms with Gasteiger partial charge in [-0.05, 0) is 41.8 Å². The van der Waals surface area contributed by atoms with Crippen LogP contribution in [0.1, 0.15) is 49.9 Å². The molecular formula is C24H30. The van der Waals surface area contributed by atoms with E-state index >= 15 is 0 Å². The summed E-state index contributed by atoms with van der Waals surface area (Å²) in [6.45, 7) is 12.2. The molecule has 3 aromatic carbocycles. The Hall–Kier alpha value is -2.34. The molecule has 0 N–H and O–H groups in total. The first kappa shape index (κ1) is 19.7. The van der Waals surface area contributed by atoms with Crippen molar-refractivity contribution < 1.29 is 0 Å². The molecule has 0 aliphatic rings. The SMILES string of the molecule is CC.CC.Cc1ccc(C=Cc2ccc3cc(C)ccc3c2)cc1. The van der Waals surface area contributed by atoms with E-state index in [1.54, 1.807) is 0 Å². The highest BCUT2D eigenvalue weighted by Gasteiger charge is 1.95. The van der Waals surface area contributed by atoms with E-state index in [2.05, 4.69) is 86.7 Å². The number of aryl methyl sites for hydroxylation is 2. The van der Waals surface area contributed by atoms with E-state index in [1.807, 2.05) is 27.7 Å². The summed E-state index contributed by atoms with van der Waals surface area (Å²) < 4.78 is 0. The van der Waals surface area contributed by atoms with Crippen LogP contribution in [0, 0.1) is 13.8 Å². The first-order chi connectivity index (χ1) is 11.7. The average molecular weight is 319 g/mol. The van der Waals surface area contributed by atoms with Crippen LogP contribution in [0.25, 0.3) is 22.9 Å². The van der Waals surface area contributed by atoms with Crippen LogP contribution in [0.15, 0.2) is 60.7 Å². The van der Waals surface area contributed by atoms with Gasteiger partial charge in [-0.25, -0.2) is 0 Å². The van der Waals surface area contributed by atoms with Crippen LogP contribution in [-0.4, -0.2) is 0 Å². The first-order valence-electron chi connectivity index (χ1n) is 8.96. The summed E-state index contributed by atoms with van der Waals surface area (Å²) in [7, 11) is 0. The maximum Gasteiger partial charge on any atom is -0.0178 e. The highest BCUT2D eigenvalue weighted by molar-refractivity contribution is 5.86. The van der Waals surface area contributed by atoms with Crippen LogP contribution in [0.5, 0.6) is 0 Å². The smallest absolute Gasteiger partial charge is 0.0178 e. The zero-order valence-corrected chi connectivity index (χ0v) is 15.9. The van der Waals surface area contributed by atoms with Crippen molar-refractivity contribution in [2.75, 3.05) is 0 Å². The molecule has 0 nitrogen and oxygen atoms in total. The zero-order valence-electron chi connectivity index (χ0n) is 15.9. The van der Waals surface area contributed by atoms with Crippen molar-refractivity contribution in [2.45, 2.75) is 41.5 Å². The molecule has 0 amide bonds. The minimum absolute atomic E-state index is 1.24. The molecule has 24 heavy (non-hydrogen) atoms. The van der Waals surface area contributed by atoms with Gasteiger partial charge in [0.05, 0.1) is 0 Å². The minimum Gasteiger partial charge on any atom is -0.0683 e. The molecular weight excluding hydrogens is 288 g/mol. The highest BCUT2D eigenvalue weighted by atomic mass is 14.0. The summed E-state index contributed by atoms with van der Waals surface area (Å²) in [6, 6.07) is 21.8. The third-order valence-electron chi connectivity index (χ3n) is 3.57. The van der Waals surface area contributed by atoms with E-state index in [-0.39, 0.29) is 0 Å². The van der Waals surface area contributed by atoms with Gasteiger partial charge in [-0.3, -0.25) is 0 Å². The second-order valence-electron chi connectivity index (χ2n) is 5.35. The van der Waals surface area contributed by atoms with Gasteiger partial charge in [0.25, 0.3) is 0 Å². The second kappa shape index (κ2) is 10.4. The molecule has 0 aliphatic carbocycles. The van der Waals surface area contributed by atoms with Crippen LogP contribution in [0.3, 0.4) is 0 Å². The molecule has 0 radical (unpaired) electrons. The number of fused-ring (bicyclic) bond motifs is 1. The maximum absolute atomic E-state index is 2.24. The van der Waals surface area contributed by atoms with Gasteiger partial charge in [0, 0.05) is 0 Å². The van der Waals surface area contributed by atoms with Gasteiger partial charge in [0.2, 0.25) is 0 Å². The molecule has 0 saturated carbocycles. The lowest BCUT2D eigenvalue weighted by Gasteiger charge is -2.01. The van der Waals surface area contributed by atoms with Crippen molar-refractivity contribution >= 4 is 22.9 Å². The van der Waals surface area contributed by atoms with Crippen molar-refractivity contribution in [3.05, 3.63) is 82.9 Å².